The molecular weight excluding hydrogens is 238 g/mol. The summed E-state index contributed by atoms with van der Waals surface area (Å²) in [6.07, 6.45) is 2.18. The van der Waals surface area contributed by atoms with Crippen LogP contribution in [0.2, 0.25) is 5.02 Å². The van der Waals surface area contributed by atoms with Crippen LogP contribution in [0.15, 0.2) is 24.3 Å². The topological polar surface area (TPSA) is 41.5 Å². The highest BCUT2D eigenvalue weighted by molar-refractivity contribution is 6.30. The minimum absolute atomic E-state index is 0.0523. The first kappa shape index (κ1) is 12.7. The van der Waals surface area contributed by atoms with E-state index in [1.54, 1.807) is 0 Å². The van der Waals surface area contributed by atoms with Gasteiger partial charge in [-0.15, -0.1) is 0 Å². The number of hydrogen-bond donors (Lipinski definition) is 2. The van der Waals surface area contributed by atoms with Crippen LogP contribution >= 0.6 is 11.6 Å². The molecule has 0 radical (unpaired) electrons. The summed E-state index contributed by atoms with van der Waals surface area (Å²) >= 11 is 5.83. The van der Waals surface area contributed by atoms with Crippen molar-refractivity contribution in [1.29, 1.82) is 0 Å². The highest BCUT2D eigenvalue weighted by atomic mass is 35.5. The number of halogens is 1. The molecule has 2 unspecified atom stereocenters. The second kappa shape index (κ2) is 6.24. The molecule has 0 spiro atoms. The van der Waals surface area contributed by atoms with E-state index in [9.17, 15) is 5.11 Å². The number of aliphatic hydroxyl groups excluding tert-OH is 1. The maximum absolute atomic E-state index is 9.45. The lowest BCUT2D eigenvalue weighted by Gasteiger charge is -2.30. The summed E-state index contributed by atoms with van der Waals surface area (Å²) in [6, 6.07) is 7.59. The van der Waals surface area contributed by atoms with Crippen molar-refractivity contribution in [2.45, 2.75) is 18.9 Å². The van der Waals surface area contributed by atoms with Crippen molar-refractivity contribution in [1.82, 2.24) is 0 Å². The molecule has 0 aliphatic carbocycles. The highest BCUT2D eigenvalue weighted by Crippen LogP contribution is 2.21. The van der Waals surface area contributed by atoms with Gasteiger partial charge < -0.3 is 15.2 Å². The summed E-state index contributed by atoms with van der Waals surface area (Å²) in [4.78, 5) is 0. The lowest BCUT2D eigenvalue weighted by molar-refractivity contribution is 0.0392. The van der Waals surface area contributed by atoms with Gasteiger partial charge in [-0.2, -0.15) is 0 Å². The lowest BCUT2D eigenvalue weighted by atomic mass is 9.94. The van der Waals surface area contributed by atoms with Crippen molar-refractivity contribution in [2.75, 3.05) is 25.1 Å². The molecule has 1 aromatic rings. The number of aliphatic hydroxyl groups is 1. The predicted molar refractivity (Wildman–Crippen MR) is 69.5 cm³/mol. The Morgan fingerprint density at radius 1 is 1.41 bits per heavy atom. The molecule has 2 rings (SSSR count). The second-order valence-electron chi connectivity index (χ2n) is 4.42. The molecule has 17 heavy (non-hydrogen) atoms. The van der Waals surface area contributed by atoms with Gasteiger partial charge in [-0.05, 0) is 37.1 Å². The van der Waals surface area contributed by atoms with E-state index in [4.69, 9.17) is 16.3 Å². The number of nitrogens with one attached hydrogen (secondary N) is 1. The standard InChI is InChI=1S/C13H18ClNO2/c14-11-3-5-12(6-4-11)15-13(8-16)10-2-1-7-17-9-10/h3-6,10,13,15-16H,1-2,7-9H2. The van der Waals surface area contributed by atoms with Crippen molar-refractivity contribution in [3.8, 4) is 0 Å². The van der Waals surface area contributed by atoms with Crippen LogP contribution in [0.25, 0.3) is 0 Å². The Balaban J connectivity index is 1.96. The quantitative estimate of drug-likeness (QED) is 0.869. The van der Waals surface area contributed by atoms with Crippen LogP contribution in [0.4, 0.5) is 5.69 Å². The molecule has 3 nitrogen and oxygen atoms in total. The molecule has 1 aromatic carbocycles. The molecule has 1 aliphatic heterocycles. The Bertz CT molecular complexity index is 336. The van der Waals surface area contributed by atoms with E-state index in [1.807, 2.05) is 24.3 Å². The normalized spacial score (nSPS) is 22.1. The number of rotatable bonds is 4. The Hall–Kier alpha value is -0.770. The fourth-order valence-corrected chi connectivity index (χ4v) is 2.28. The fourth-order valence-electron chi connectivity index (χ4n) is 2.16. The van der Waals surface area contributed by atoms with E-state index in [2.05, 4.69) is 5.32 Å². The summed E-state index contributed by atoms with van der Waals surface area (Å²) in [7, 11) is 0. The minimum Gasteiger partial charge on any atom is -0.394 e. The Labute approximate surface area is 107 Å². The summed E-state index contributed by atoms with van der Waals surface area (Å²) < 4.78 is 5.45. The van der Waals surface area contributed by atoms with Gasteiger partial charge in [0.2, 0.25) is 0 Å². The SMILES string of the molecule is OCC(Nc1ccc(Cl)cc1)C1CCCOC1. The fraction of sp³-hybridized carbons (Fsp3) is 0.538. The molecule has 1 heterocycles. The van der Waals surface area contributed by atoms with Gasteiger partial charge in [0.25, 0.3) is 0 Å². The zero-order valence-corrected chi connectivity index (χ0v) is 10.5. The molecule has 94 valence electrons. The largest absolute Gasteiger partial charge is 0.394 e. The average molecular weight is 256 g/mol. The van der Waals surface area contributed by atoms with E-state index in [0.29, 0.717) is 5.92 Å². The predicted octanol–water partition coefficient (Wildman–Crippen LogP) is 2.54. The van der Waals surface area contributed by atoms with E-state index in [0.717, 1.165) is 36.8 Å². The maximum Gasteiger partial charge on any atom is 0.0636 e. The summed E-state index contributed by atoms with van der Waals surface area (Å²) in [5.41, 5.74) is 0.985. The third kappa shape index (κ3) is 3.60. The second-order valence-corrected chi connectivity index (χ2v) is 4.85. The van der Waals surface area contributed by atoms with Crippen LogP contribution in [0.3, 0.4) is 0 Å². The number of ether oxygens (including phenoxy) is 1. The first-order chi connectivity index (χ1) is 8.29. The zero-order chi connectivity index (χ0) is 12.1. The van der Waals surface area contributed by atoms with E-state index < -0.39 is 0 Å². The molecule has 1 fully saturated rings. The first-order valence-electron chi connectivity index (χ1n) is 6.00. The van der Waals surface area contributed by atoms with Gasteiger partial charge in [0.05, 0.1) is 19.3 Å². The van der Waals surface area contributed by atoms with Crippen LogP contribution < -0.4 is 5.32 Å². The zero-order valence-electron chi connectivity index (χ0n) is 9.73. The van der Waals surface area contributed by atoms with Crippen molar-refractivity contribution < 1.29 is 9.84 Å². The Morgan fingerprint density at radius 3 is 2.76 bits per heavy atom. The Kier molecular flexibility index (Phi) is 4.66. The van der Waals surface area contributed by atoms with Crippen LogP contribution in [0.5, 0.6) is 0 Å². The molecule has 0 aromatic heterocycles. The van der Waals surface area contributed by atoms with Crippen molar-refractivity contribution in [3.63, 3.8) is 0 Å². The summed E-state index contributed by atoms with van der Waals surface area (Å²) in [5.74, 6) is 0.379. The van der Waals surface area contributed by atoms with Gasteiger partial charge >= 0.3 is 0 Å². The van der Waals surface area contributed by atoms with Crippen molar-refractivity contribution in [3.05, 3.63) is 29.3 Å². The molecular formula is C13H18ClNO2. The molecule has 2 atom stereocenters. The molecule has 0 bridgehead atoms. The van der Waals surface area contributed by atoms with Crippen molar-refractivity contribution in [2.24, 2.45) is 5.92 Å². The van der Waals surface area contributed by atoms with Gasteiger partial charge in [-0.25, -0.2) is 0 Å². The maximum atomic E-state index is 9.45. The average Bonchev–Trinajstić information content (AvgIpc) is 2.39. The molecule has 4 heteroatoms. The minimum atomic E-state index is 0.0523. The van der Waals surface area contributed by atoms with E-state index >= 15 is 0 Å². The van der Waals surface area contributed by atoms with Crippen LogP contribution in [0.1, 0.15) is 12.8 Å². The molecule has 0 amide bonds. The molecule has 0 saturated carbocycles. The van der Waals surface area contributed by atoms with Gasteiger partial charge in [-0.3, -0.25) is 0 Å². The third-order valence-corrected chi connectivity index (χ3v) is 3.41. The van der Waals surface area contributed by atoms with Crippen LogP contribution in [-0.2, 0) is 4.74 Å². The number of hydrogen-bond acceptors (Lipinski definition) is 3. The summed E-state index contributed by atoms with van der Waals surface area (Å²) in [5, 5.41) is 13.5. The summed E-state index contributed by atoms with van der Waals surface area (Å²) in [6.45, 7) is 1.69. The third-order valence-electron chi connectivity index (χ3n) is 3.16. The smallest absolute Gasteiger partial charge is 0.0636 e. The molecule has 1 saturated heterocycles. The van der Waals surface area contributed by atoms with E-state index in [1.165, 1.54) is 0 Å². The van der Waals surface area contributed by atoms with Gasteiger partial charge in [0.15, 0.2) is 0 Å². The first-order valence-corrected chi connectivity index (χ1v) is 6.38. The number of anilines is 1. The highest BCUT2D eigenvalue weighted by Gasteiger charge is 2.23. The van der Waals surface area contributed by atoms with Crippen LogP contribution in [0, 0.1) is 5.92 Å². The molecule has 1 aliphatic rings. The van der Waals surface area contributed by atoms with Gasteiger partial charge in [0.1, 0.15) is 0 Å². The van der Waals surface area contributed by atoms with E-state index in [-0.39, 0.29) is 12.6 Å². The van der Waals surface area contributed by atoms with Gasteiger partial charge in [-0.1, -0.05) is 11.6 Å². The van der Waals surface area contributed by atoms with Crippen LogP contribution in [-0.4, -0.2) is 31.0 Å². The number of benzene rings is 1. The monoisotopic (exact) mass is 255 g/mol. The Morgan fingerprint density at radius 2 is 2.18 bits per heavy atom. The van der Waals surface area contributed by atoms with Crippen molar-refractivity contribution >= 4 is 17.3 Å². The van der Waals surface area contributed by atoms with Gasteiger partial charge in [0, 0.05) is 23.2 Å². The molecule has 2 N–H and O–H groups in total. The lowest BCUT2D eigenvalue weighted by Crippen LogP contribution is -2.37.